The first-order valence-corrected chi connectivity index (χ1v) is 2.87. The Morgan fingerprint density at radius 1 is 0.643 bits per heavy atom. The van der Waals surface area contributed by atoms with Crippen LogP contribution in [0.2, 0.25) is 0 Å². The Balaban J connectivity index is 0. The topological polar surface area (TPSA) is 188 Å². The van der Waals surface area contributed by atoms with E-state index >= 15 is 0 Å². The predicted octanol–water partition coefficient (Wildman–Crippen LogP) is -3.48. The van der Waals surface area contributed by atoms with Gasteiger partial charge in [-0.1, -0.05) is 0 Å². The average Bonchev–Trinajstić information content (AvgIpc) is 1.82. The average molecular weight is 209 g/mol. The van der Waals surface area contributed by atoms with Crippen LogP contribution in [0.3, 0.4) is 0 Å². The van der Waals surface area contributed by atoms with Gasteiger partial charge in [0.15, 0.2) is 0 Å². The van der Waals surface area contributed by atoms with Crippen LogP contribution in [0.15, 0.2) is 0 Å². The summed E-state index contributed by atoms with van der Waals surface area (Å²) in [7, 11) is -5.20. The van der Waals surface area contributed by atoms with Gasteiger partial charge in [-0.25, -0.2) is 0 Å². The van der Waals surface area contributed by atoms with Gasteiger partial charge in [-0.3, -0.25) is 0 Å². The number of rotatable bonds is 0. The van der Waals surface area contributed by atoms with Crippen molar-refractivity contribution >= 4 is 29.3 Å². The van der Waals surface area contributed by atoms with Crippen molar-refractivity contribution in [3.8, 4) is 0 Å². The van der Waals surface area contributed by atoms with Crippen LogP contribution in [0.25, 0.3) is 0 Å². The minimum absolute atomic E-state index is 0. The monoisotopic (exact) mass is 210 g/mol. The predicted molar refractivity (Wildman–Crippen MR) is 46.5 cm³/mol. The van der Waals surface area contributed by atoms with E-state index < -0.39 is 29.3 Å². The first kappa shape index (κ1) is 16.3. The molecule has 0 radical (unpaired) electrons. The molecule has 80 valence electrons. The number of hydrogen-bond donors (Lipinski definition) is 4. The molecule has 2 bridgehead atoms. The Bertz CT molecular complexity index is 125. The van der Waals surface area contributed by atoms with Crippen LogP contribution in [0.4, 0.5) is 0 Å². The summed E-state index contributed by atoms with van der Waals surface area (Å²) in [5, 5.41) is 17.5. The van der Waals surface area contributed by atoms with Gasteiger partial charge in [0.2, 0.25) is 0 Å². The lowest BCUT2D eigenvalue weighted by Gasteiger charge is -2.31. The van der Waals surface area contributed by atoms with Crippen molar-refractivity contribution in [3.63, 3.8) is 0 Å². The van der Waals surface area contributed by atoms with Gasteiger partial charge < -0.3 is 50.7 Å². The molecular weight excluding hydrogens is 199 g/mol. The highest BCUT2D eigenvalue weighted by molar-refractivity contribution is 6.74. The summed E-state index contributed by atoms with van der Waals surface area (Å²) < 4.78 is 22.6. The summed E-state index contributed by atoms with van der Waals surface area (Å²) in [6.07, 6.45) is 0. The molecule has 0 aromatic rings. The van der Waals surface area contributed by atoms with Gasteiger partial charge in [-0.2, -0.15) is 0 Å². The molecule has 0 atom stereocenters. The Hall–Kier alpha value is -0.140. The maximum absolute atomic E-state index is 8.74. The molecule has 0 aromatic carbocycles. The number of fused-ring (bicyclic) bond motifs is 2. The van der Waals surface area contributed by atoms with E-state index in [4.69, 9.17) is 10.0 Å². The van der Waals surface area contributed by atoms with Crippen molar-refractivity contribution in [3.05, 3.63) is 0 Å². The summed E-state index contributed by atoms with van der Waals surface area (Å²) in [6.45, 7) is 0. The van der Waals surface area contributed by atoms with E-state index in [-0.39, 0.29) is 17.8 Å². The fourth-order valence-corrected chi connectivity index (χ4v) is 0.728. The second-order valence-electron chi connectivity index (χ2n) is 1.87. The molecule has 14 heteroatoms. The minimum Gasteiger partial charge on any atom is -0.412 e. The molecule has 0 amide bonds. The molecule has 2 heterocycles. The molecule has 2 aliphatic heterocycles. The lowest BCUT2D eigenvalue weighted by Crippen LogP contribution is -2.59. The molecule has 14 heavy (non-hydrogen) atoms. The number of hydrogen-bond acceptors (Lipinski definition) is 9. The fraction of sp³-hybridized carbons (Fsp3) is 0. The van der Waals surface area contributed by atoms with Crippen molar-refractivity contribution in [2.45, 2.75) is 0 Å². The van der Waals surface area contributed by atoms with Crippen LogP contribution >= 0.6 is 0 Å². The molecule has 0 saturated carbocycles. The van der Waals surface area contributed by atoms with Crippen LogP contribution < -0.4 is 12.3 Å². The van der Waals surface area contributed by atoms with Gasteiger partial charge in [-0.05, 0) is 0 Å². The zero-order valence-electron chi connectivity index (χ0n) is 7.16. The standard InChI is InChI=1S/B4H2O7.2H3N.H2O/c5-1-7-3-9-2(6)10-4(8-1)11-3;;;/h5-6H;2*1H3;1H2. The molecule has 10 nitrogen and oxygen atoms in total. The second-order valence-corrected chi connectivity index (χ2v) is 1.87. The van der Waals surface area contributed by atoms with E-state index in [1.165, 1.54) is 0 Å². The first-order valence-electron chi connectivity index (χ1n) is 2.87. The maximum Gasteiger partial charge on any atom is 0.612 e. The summed E-state index contributed by atoms with van der Waals surface area (Å²) >= 11 is 0. The van der Waals surface area contributed by atoms with Gasteiger partial charge in [0, 0.05) is 0 Å². The highest BCUT2D eigenvalue weighted by atomic mass is 16.9. The van der Waals surface area contributed by atoms with Gasteiger partial charge in [-0.15, -0.1) is 0 Å². The third-order valence-electron chi connectivity index (χ3n) is 1.13. The molecule has 2 fully saturated rings. The van der Waals surface area contributed by atoms with E-state index in [1.807, 2.05) is 0 Å². The van der Waals surface area contributed by atoms with Gasteiger partial charge in [0.05, 0.1) is 0 Å². The lowest BCUT2D eigenvalue weighted by atomic mass is 9.90. The lowest BCUT2D eigenvalue weighted by molar-refractivity contribution is 0.0834. The summed E-state index contributed by atoms with van der Waals surface area (Å²) in [6, 6.07) is 0. The molecular formula is H10B4N2O8. The molecule has 0 unspecified atom stereocenters. The van der Waals surface area contributed by atoms with Crippen molar-refractivity contribution < 1.29 is 38.4 Å². The molecule has 2 aliphatic rings. The summed E-state index contributed by atoms with van der Waals surface area (Å²) in [5.74, 6) is 0. The normalized spacial score (nSPS) is 19.3. The van der Waals surface area contributed by atoms with Crippen LogP contribution in [0.1, 0.15) is 0 Å². The first-order chi connectivity index (χ1) is 5.24. The fourth-order valence-electron chi connectivity index (χ4n) is 0.728. The third kappa shape index (κ3) is 3.55. The van der Waals surface area contributed by atoms with Crippen molar-refractivity contribution in [2.75, 3.05) is 0 Å². The van der Waals surface area contributed by atoms with Crippen LogP contribution in [0.5, 0.6) is 0 Å². The van der Waals surface area contributed by atoms with E-state index in [0.717, 1.165) is 0 Å². The van der Waals surface area contributed by atoms with Crippen molar-refractivity contribution in [1.82, 2.24) is 12.3 Å². The SMILES string of the molecule is N.N.O.OB1OB2OB(O)OB(O1)O2. The molecule has 2 saturated heterocycles. The van der Waals surface area contributed by atoms with E-state index in [0.29, 0.717) is 0 Å². The third-order valence-corrected chi connectivity index (χ3v) is 1.13. The Morgan fingerprint density at radius 3 is 1.21 bits per heavy atom. The smallest absolute Gasteiger partial charge is 0.412 e. The van der Waals surface area contributed by atoms with Gasteiger partial charge in [0.25, 0.3) is 0 Å². The summed E-state index contributed by atoms with van der Waals surface area (Å²) in [4.78, 5) is 0. The highest BCUT2D eigenvalue weighted by Crippen LogP contribution is 2.14. The zero-order chi connectivity index (χ0) is 7.84. The minimum atomic E-state index is -1.45. The molecule has 0 spiro atoms. The Labute approximate surface area is 81.0 Å². The Morgan fingerprint density at radius 2 is 0.929 bits per heavy atom. The van der Waals surface area contributed by atoms with E-state index in [1.54, 1.807) is 0 Å². The van der Waals surface area contributed by atoms with E-state index in [2.05, 4.69) is 22.9 Å². The van der Waals surface area contributed by atoms with Crippen LogP contribution in [0, 0.1) is 0 Å². The summed E-state index contributed by atoms with van der Waals surface area (Å²) in [5.41, 5.74) is 0. The molecule has 0 aliphatic carbocycles. The molecule has 0 aromatic heterocycles. The molecule has 2 rings (SSSR count). The van der Waals surface area contributed by atoms with Crippen molar-refractivity contribution in [2.24, 2.45) is 0 Å². The zero-order valence-corrected chi connectivity index (χ0v) is 7.16. The second kappa shape index (κ2) is 6.36. The van der Waals surface area contributed by atoms with Gasteiger partial charge in [0.1, 0.15) is 0 Å². The maximum atomic E-state index is 8.74. The van der Waals surface area contributed by atoms with Gasteiger partial charge >= 0.3 is 29.3 Å². The largest absolute Gasteiger partial charge is 0.612 e. The van der Waals surface area contributed by atoms with Crippen LogP contribution in [-0.4, -0.2) is 44.8 Å². The Kier molecular flexibility index (Phi) is 7.41. The van der Waals surface area contributed by atoms with E-state index in [9.17, 15) is 0 Å². The quantitative estimate of drug-likeness (QED) is 0.293. The highest BCUT2D eigenvalue weighted by Gasteiger charge is 2.52. The molecule has 10 N–H and O–H groups in total. The van der Waals surface area contributed by atoms with Crippen LogP contribution in [-0.2, 0) is 22.9 Å². The van der Waals surface area contributed by atoms with Crippen molar-refractivity contribution in [1.29, 1.82) is 0 Å².